The Hall–Kier alpha value is -2.12. The highest BCUT2D eigenvalue weighted by atomic mass is 35.5. The highest BCUT2D eigenvalue weighted by Gasteiger charge is 2.21. The molecule has 162 valence electrons. The number of aliphatic hydroxyl groups excluding tert-OH is 1. The zero-order chi connectivity index (χ0) is 21.3. The molecule has 7 heteroatoms. The van der Waals surface area contributed by atoms with Crippen LogP contribution in [0.5, 0.6) is 5.75 Å². The summed E-state index contributed by atoms with van der Waals surface area (Å²) in [6.07, 6.45) is 0.291. The second-order valence-electron chi connectivity index (χ2n) is 7.53. The molecule has 30 heavy (non-hydrogen) atoms. The Morgan fingerprint density at radius 2 is 1.77 bits per heavy atom. The molecule has 1 saturated heterocycles. The van der Waals surface area contributed by atoms with Gasteiger partial charge in [0, 0.05) is 38.4 Å². The highest BCUT2D eigenvalue weighted by Crippen LogP contribution is 2.23. The Morgan fingerprint density at radius 3 is 2.50 bits per heavy atom. The maximum atomic E-state index is 12.4. The second kappa shape index (κ2) is 11.3. The summed E-state index contributed by atoms with van der Waals surface area (Å²) in [6, 6.07) is 15.2. The quantitative estimate of drug-likeness (QED) is 0.639. The Kier molecular flexibility index (Phi) is 8.51. The monoisotopic (exact) mass is 431 g/mol. The number of β-amino-alcohol motifs (C(OH)–C–C–N with tert-alkyl or cyclic N) is 1. The summed E-state index contributed by atoms with van der Waals surface area (Å²) >= 11 is 6.07. The van der Waals surface area contributed by atoms with Gasteiger partial charge in [0.15, 0.2) is 0 Å². The van der Waals surface area contributed by atoms with Crippen LogP contribution in [-0.4, -0.2) is 72.8 Å². The number of nitrogens with zero attached hydrogens (tertiary/aromatic N) is 2. The average molecular weight is 432 g/mol. The van der Waals surface area contributed by atoms with Gasteiger partial charge in [-0.15, -0.1) is 0 Å². The first-order chi connectivity index (χ1) is 14.5. The van der Waals surface area contributed by atoms with Crippen LogP contribution >= 0.6 is 11.6 Å². The van der Waals surface area contributed by atoms with E-state index in [1.165, 1.54) is 0 Å². The van der Waals surface area contributed by atoms with Crippen molar-refractivity contribution in [3.05, 3.63) is 59.1 Å². The molecular formula is C23H30ClN3O3. The average Bonchev–Trinajstić information content (AvgIpc) is 2.75. The van der Waals surface area contributed by atoms with Gasteiger partial charge in [-0.05, 0) is 30.2 Å². The van der Waals surface area contributed by atoms with Crippen molar-refractivity contribution in [2.45, 2.75) is 19.4 Å². The van der Waals surface area contributed by atoms with Crippen molar-refractivity contribution in [3.63, 3.8) is 0 Å². The first-order valence-electron chi connectivity index (χ1n) is 10.4. The fourth-order valence-electron chi connectivity index (χ4n) is 3.57. The van der Waals surface area contributed by atoms with E-state index in [-0.39, 0.29) is 12.5 Å². The minimum atomic E-state index is -0.596. The number of benzene rings is 2. The number of rotatable bonds is 9. The molecule has 1 fully saturated rings. The van der Waals surface area contributed by atoms with Crippen molar-refractivity contribution >= 4 is 23.2 Å². The SMILES string of the molecule is CCc1ccccc1NC(=O)CN1CCN(CC(O)COc2ccccc2Cl)CC1. The van der Waals surface area contributed by atoms with Gasteiger partial charge in [-0.25, -0.2) is 0 Å². The van der Waals surface area contributed by atoms with E-state index in [1.807, 2.05) is 36.4 Å². The molecule has 6 nitrogen and oxygen atoms in total. The van der Waals surface area contributed by atoms with E-state index < -0.39 is 6.10 Å². The van der Waals surface area contributed by atoms with Gasteiger partial charge in [0.25, 0.3) is 0 Å². The molecule has 1 atom stereocenters. The van der Waals surface area contributed by atoms with E-state index in [0.29, 0.717) is 23.9 Å². The van der Waals surface area contributed by atoms with Crippen LogP contribution in [0.4, 0.5) is 5.69 Å². The number of aliphatic hydroxyl groups is 1. The first kappa shape index (κ1) is 22.6. The lowest BCUT2D eigenvalue weighted by Crippen LogP contribution is -2.50. The standard InChI is InChI=1S/C23H30ClN3O3/c1-2-18-7-3-5-9-21(18)25-23(29)16-27-13-11-26(12-14-27)15-19(28)17-30-22-10-6-4-8-20(22)24/h3-10,19,28H,2,11-17H2,1H3,(H,25,29). The molecule has 0 aromatic heterocycles. The molecule has 1 aliphatic heterocycles. The smallest absolute Gasteiger partial charge is 0.238 e. The number of carbonyl (C=O) groups is 1. The summed E-state index contributed by atoms with van der Waals surface area (Å²) in [7, 11) is 0. The molecule has 2 aromatic carbocycles. The number of nitrogens with one attached hydrogen (secondary N) is 1. The largest absolute Gasteiger partial charge is 0.489 e. The van der Waals surface area contributed by atoms with Crippen LogP contribution in [0.1, 0.15) is 12.5 Å². The lowest BCUT2D eigenvalue weighted by Gasteiger charge is -2.35. The zero-order valence-electron chi connectivity index (χ0n) is 17.4. The molecule has 1 heterocycles. The maximum absolute atomic E-state index is 12.4. The second-order valence-corrected chi connectivity index (χ2v) is 7.94. The van der Waals surface area contributed by atoms with Gasteiger partial charge in [0.1, 0.15) is 18.5 Å². The van der Waals surface area contributed by atoms with Crippen molar-refractivity contribution in [3.8, 4) is 5.75 Å². The Labute approximate surface area is 183 Å². The van der Waals surface area contributed by atoms with Crippen LogP contribution in [0.15, 0.2) is 48.5 Å². The molecule has 1 unspecified atom stereocenters. The predicted molar refractivity (Wildman–Crippen MR) is 120 cm³/mol. The number of aryl methyl sites for hydroxylation is 1. The summed E-state index contributed by atoms with van der Waals surface area (Å²) in [5.74, 6) is 0.594. The fourth-order valence-corrected chi connectivity index (χ4v) is 3.76. The highest BCUT2D eigenvalue weighted by molar-refractivity contribution is 6.32. The number of piperazine rings is 1. The molecule has 3 rings (SSSR count). The molecule has 0 aliphatic carbocycles. The zero-order valence-corrected chi connectivity index (χ0v) is 18.1. The van der Waals surface area contributed by atoms with E-state index in [9.17, 15) is 9.90 Å². The van der Waals surface area contributed by atoms with Gasteiger partial charge in [-0.2, -0.15) is 0 Å². The van der Waals surface area contributed by atoms with Crippen molar-refractivity contribution < 1.29 is 14.6 Å². The van der Waals surface area contributed by atoms with Gasteiger partial charge < -0.3 is 15.2 Å². The number of hydrogen-bond acceptors (Lipinski definition) is 5. The van der Waals surface area contributed by atoms with Crippen molar-refractivity contribution in [1.82, 2.24) is 9.80 Å². The summed E-state index contributed by atoms with van der Waals surface area (Å²) in [5.41, 5.74) is 2.04. The molecule has 2 N–H and O–H groups in total. The molecule has 1 aliphatic rings. The minimum Gasteiger partial charge on any atom is -0.489 e. The van der Waals surface area contributed by atoms with E-state index in [2.05, 4.69) is 22.0 Å². The Bertz CT molecular complexity index is 825. The van der Waals surface area contributed by atoms with Crippen LogP contribution in [-0.2, 0) is 11.2 Å². The molecule has 2 aromatic rings. The number of anilines is 1. The van der Waals surface area contributed by atoms with Crippen LogP contribution < -0.4 is 10.1 Å². The summed E-state index contributed by atoms with van der Waals surface area (Å²) in [5, 5.41) is 13.9. The fraction of sp³-hybridized carbons (Fsp3) is 0.435. The molecule has 0 radical (unpaired) electrons. The third kappa shape index (κ3) is 6.71. The third-order valence-electron chi connectivity index (χ3n) is 5.24. The van der Waals surface area contributed by atoms with Gasteiger partial charge >= 0.3 is 0 Å². The normalized spacial score (nSPS) is 16.2. The van der Waals surface area contributed by atoms with Crippen LogP contribution in [0.3, 0.4) is 0 Å². The van der Waals surface area contributed by atoms with Crippen molar-refractivity contribution in [2.75, 3.05) is 51.2 Å². The molecular weight excluding hydrogens is 402 g/mol. The van der Waals surface area contributed by atoms with E-state index in [4.69, 9.17) is 16.3 Å². The number of para-hydroxylation sites is 2. The maximum Gasteiger partial charge on any atom is 0.238 e. The molecule has 0 bridgehead atoms. The van der Waals surface area contributed by atoms with E-state index in [0.717, 1.165) is 43.9 Å². The van der Waals surface area contributed by atoms with E-state index >= 15 is 0 Å². The Morgan fingerprint density at radius 1 is 1.10 bits per heavy atom. The topological polar surface area (TPSA) is 65.0 Å². The number of hydrogen-bond donors (Lipinski definition) is 2. The number of carbonyl (C=O) groups excluding carboxylic acids is 1. The van der Waals surface area contributed by atoms with Crippen molar-refractivity contribution in [2.24, 2.45) is 0 Å². The lowest BCUT2D eigenvalue weighted by molar-refractivity contribution is -0.117. The molecule has 0 spiro atoms. The van der Waals surface area contributed by atoms with E-state index in [1.54, 1.807) is 12.1 Å². The minimum absolute atomic E-state index is 0.0116. The summed E-state index contributed by atoms with van der Waals surface area (Å²) < 4.78 is 5.62. The number of amides is 1. The predicted octanol–water partition coefficient (Wildman–Crippen LogP) is 2.90. The third-order valence-corrected chi connectivity index (χ3v) is 5.55. The molecule has 0 saturated carbocycles. The van der Waals surface area contributed by atoms with Gasteiger partial charge in [0.05, 0.1) is 11.6 Å². The first-order valence-corrected chi connectivity index (χ1v) is 10.8. The van der Waals surface area contributed by atoms with Crippen LogP contribution in [0.25, 0.3) is 0 Å². The van der Waals surface area contributed by atoms with Crippen molar-refractivity contribution in [1.29, 1.82) is 0 Å². The van der Waals surface area contributed by atoms with Crippen LogP contribution in [0.2, 0.25) is 5.02 Å². The van der Waals surface area contributed by atoms with Gasteiger partial charge in [-0.1, -0.05) is 48.9 Å². The molecule has 1 amide bonds. The number of ether oxygens (including phenoxy) is 1. The Balaban J connectivity index is 1.37. The summed E-state index contributed by atoms with van der Waals surface area (Å²) in [4.78, 5) is 16.8. The van der Waals surface area contributed by atoms with Gasteiger partial charge in [0.2, 0.25) is 5.91 Å². The number of halogens is 1. The van der Waals surface area contributed by atoms with Gasteiger partial charge in [-0.3, -0.25) is 14.6 Å². The summed E-state index contributed by atoms with van der Waals surface area (Å²) in [6.45, 7) is 6.39. The lowest BCUT2D eigenvalue weighted by atomic mass is 10.1. The van der Waals surface area contributed by atoms with Crippen LogP contribution in [0, 0.1) is 0 Å².